The van der Waals surface area contributed by atoms with Crippen molar-refractivity contribution in [2.75, 3.05) is 13.2 Å². The number of rotatable bonds is 22. The second-order valence-corrected chi connectivity index (χ2v) is 16.2. The van der Waals surface area contributed by atoms with Gasteiger partial charge in [-0.25, -0.2) is 0 Å². The third-order valence-corrected chi connectivity index (χ3v) is 11.5. The quantitative estimate of drug-likeness (QED) is 0.0691. The van der Waals surface area contributed by atoms with Crippen LogP contribution in [-0.2, 0) is 82.3 Å². The molecular weight excluding hydrogens is 825 g/mol. The predicted molar refractivity (Wildman–Crippen MR) is 243 cm³/mol. The number of ether oxygens (including phenoxy) is 9. The Morgan fingerprint density at radius 3 is 0.969 bits per heavy atom. The summed E-state index contributed by atoms with van der Waals surface area (Å²) < 4.78 is 59.8. The Hall–Kier alpha value is -5.12. The van der Waals surface area contributed by atoms with Crippen LogP contribution in [0.2, 0.25) is 0 Å². The highest BCUT2D eigenvalue weighted by atomic mass is 16.7. The molecule has 11 nitrogen and oxygen atoms in total. The maximum absolute atomic E-state index is 11.8. The van der Waals surface area contributed by atoms with E-state index in [0.717, 1.165) is 33.4 Å². The first kappa shape index (κ1) is 46.4. The van der Waals surface area contributed by atoms with Gasteiger partial charge in [-0.1, -0.05) is 182 Å². The average molecular weight is 883 g/mol. The zero-order valence-electron chi connectivity index (χ0n) is 36.3. The molecule has 0 bridgehead atoms. The summed E-state index contributed by atoms with van der Waals surface area (Å²) in [4.78, 5) is 0. The van der Waals surface area contributed by atoms with Gasteiger partial charge < -0.3 is 52.8 Å². The van der Waals surface area contributed by atoms with E-state index in [1.807, 2.05) is 182 Å². The molecule has 2 aliphatic rings. The summed E-state index contributed by atoms with van der Waals surface area (Å²) in [6.07, 6.45) is -9.14. The number of benzene rings is 6. The van der Waals surface area contributed by atoms with Crippen LogP contribution >= 0.6 is 0 Å². The van der Waals surface area contributed by atoms with Crippen LogP contribution in [0, 0.1) is 0 Å². The maximum Gasteiger partial charge on any atom is 0.187 e. The first-order valence-corrected chi connectivity index (χ1v) is 22.3. The Labute approximate surface area is 381 Å². The largest absolute Gasteiger partial charge is 0.394 e. The lowest BCUT2D eigenvalue weighted by Crippen LogP contribution is -2.63. The minimum atomic E-state index is -1.41. The fraction of sp³-hybridized carbons (Fsp3) is 0.333. The molecule has 2 fully saturated rings. The molecule has 0 aromatic heterocycles. The molecule has 2 N–H and O–H groups in total. The molecule has 11 heteroatoms. The van der Waals surface area contributed by atoms with Crippen LogP contribution in [-0.4, -0.2) is 84.8 Å². The standard InChI is InChI=1S/C54H58O11/c55-31-45-47(57-32-39-19-7-1-8-20-39)50(60-35-42-25-13-4-14-26-42)52(62-37-44-29-17-6-18-30-44)54(65-45)63-38-46-48(58-33-40-21-9-2-10-22-40)49(59-34-41-23-11-3-12-24-41)51(53(56)64-46)61-36-43-27-15-5-16-28-43/h1-30,45-56H,31-38H2/t45-,46-,47+,48-,49+,50+,51-,52-,53+,54-/m1/s1. The van der Waals surface area contributed by atoms with E-state index >= 15 is 0 Å². The van der Waals surface area contributed by atoms with Gasteiger partial charge in [0.1, 0.15) is 48.8 Å². The smallest absolute Gasteiger partial charge is 0.187 e. The van der Waals surface area contributed by atoms with E-state index in [9.17, 15) is 10.2 Å². The highest BCUT2D eigenvalue weighted by Gasteiger charge is 2.51. The Balaban J connectivity index is 1.09. The van der Waals surface area contributed by atoms with Crippen molar-refractivity contribution in [2.24, 2.45) is 0 Å². The summed E-state index contributed by atoms with van der Waals surface area (Å²) in [7, 11) is 0. The van der Waals surface area contributed by atoms with Crippen LogP contribution in [0.4, 0.5) is 0 Å². The summed E-state index contributed by atoms with van der Waals surface area (Å²) in [6.45, 7) is 0.863. The zero-order chi connectivity index (χ0) is 44.5. The Morgan fingerprint density at radius 1 is 0.323 bits per heavy atom. The molecule has 6 aromatic rings. The molecule has 0 aliphatic carbocycles. The molecule has 2 aliphatic heterocycles. The maximum atomic E-state index is 11.8. The van der Waals surface area contributed by atoms with Crippen LogP contribution in [0.5, 0.6) is 0 Å². The van der Waals surface area contributed by atoms with E-state index in [-0.39, 0.29) is 52.9 Å². The molecule has 65 heavy (non-hydrogen) atoms. The second kappa shape index (κ2) is 24.4. The fourth-order valence-electron chi connectivity index (χ4n) is 8.11. The average Bonchev–Trinajstić information content (AvgIpc) is 3.36. The van der Waals surface area contributed by atoms with Crippen LogP contribution in [0.15, 0.2) is 182 Å². The Kier molecular flexibility index (Phi) is 17.4. The number of hydrogen-bond donors (Lipinski definition) is 2. The summed E-state index contributed by atoms with van der Waals surface area (Å²) in [6, 6.07) is 58.9. The van der Waals surface area contributed by atoms with Crippen molar-refractivity contribution in [3.05, 3.63) is 215 Å². The van der Waals surface area contributed by atoms with Crippen molar-refractivity contribution in [2.45, 2.75) is 101 Å². The molecule has 6 aromatic carbocycles. The predicted octanol–water partition coefficient (Wildman–Crippen LogP) is 7.95. The molecule has 10 atom stereocenters. The van der Waals surface area contributed by atoms with Gasteiger partial charge >= 0.3 is 0 Å². The van der Waals surface area contributed by atoms with Gasteiger partial charge in [0.15, 0.2) is 12.6 Å². The van der Waals surface area contributed by atoms with Crippen molar-refractivity contribution < 1.29 is 52.8 Å². The lowest BCUT2D eigenvalue weighted by molar-refractivity contribution is -0.348. The topological polar surface area (TPSA) is 124 Å². The van der Waals surface area contributed by atoms with Crippen molar-refractivity contribution in [1.82, 2.24) is 0 Å². The van der Waals surface area contributed by atoms with Crippen molar-refractivity contribution in [1.29, 1.82) is 0 Å². The van der Waals surface area contributed by atoms with Gasteiger partial charge in [0.05, 0.1) is 52.9 Å². The third kappa shape index (κ3) is 13.3. The van der Waals surface area contributed by atoms with Gasteiger partial charge in [0.2, 0.25) is 0 Å². The molecule has 2 saturated heterocycles. The first-order valence-electron chi connectivity index (χ1n) is 22.3. The van der Waals surface area contributed by atoms with Gasteiger partial charge in [-0.3, -0.25) is 0 Å². The van der Waals surface area contributed by atoms with Crippen LogP contribution < -0.4 is 0 Å². The normalized spacial score (nSPS) is 25.6. The highest BCUT2D eigenvalue weighted by Crippen LogP contribution is 2.34. The summed E-state index contributed by atoms with van der Waals surface area (Å²) in [5, 5.41) is 22.7. The van der Waals surface area contributed by atoms with Crippen molar-refractivity contribution >= 4 is 0 Å². The lowest BCUT2D eigenvalue weighted by atomic mass is 9.97. The van der Waals surface area contributed by atoms with E-state index in [2.05, 4.69) is 0 Å². The fourth-order valence-corrected chi connectivity index (χ4v) is 8.11. The molecule has 0 amide bonds. The molecule has 0 unspecified atom stereocenters. The monoisotopic (exact) mass is 882 g/mol. The molecule has 0 spiro atoms. The molecule has 8 rings (SSSR count). The summed E-state index contributed by atoms with van der Waals surface area (Å²) in [5.41, 5.74) is 5.66. The number of aliphatic hydroxyl groups is 2. The van der Waals surface area contributed by atoms with E-state index < -0.39 is 61.4 Å². The molecule has 0 radical (unpaired) electrons. The highest BCUT2D eigenvalue weighted by molar-refractivity contribution is 5.18. The minimum Gasteiger partial charge on any atom is -0.394 e. The van der Waals surface area contributed by atoms with Crippen LogP contribution in [0.25, 0.3) is 0 Å². The van der Waals surface area contributed by atoms with Crippen molar-refractivity contribution in [3.63, 3.8) is 0 Å². The van der Waals surface area contributed by atoms with Crippen LogP contribution in [0.3, 0.4) is 0 Å². The molecule has 0 saturated carbocycles. The number of aliphatic hydroxyl groups excluding tert-OH is 2. The Morgan fingerprint density at radius 2 is 0.615 bits per heavy atom. The second-order valence-electron chi connectivity index (χ2n) is 16.2. The Bertz CT molecular complexity index is 2210. The minimum absolute atomic E-state index is 0.123. The third-order valence-electron chi connectivity index (χ3n) is 11.5. The van der Waals surface area contributed by atoms with E-state index in [1.54, 1.807) is 0 Å². The SMILES string of the molecule is OC[C@H]1O[C@@H](OC[C@H]2O[C@H](O)[C@H](OCc3ccccc3)[C@@H](OCc3ccccc3)[C@@H]2OCc2ccccc2)[C@H](OCc2ccccc2)[C@@H](OCc2ccccc2)[C@H]1OCc1ccccc1. The van der Waals surface area contributed by atoms with Gasteiger partial charge in [-0.15, -0.1) is 0 Å². The van der Waals surface area contributed by atoms with E-state index in [0.29, 0.717) is 0 Å². The van der Waals surface area contributed by atoms with E-state index in [1.165, 1.54) is 0 Å². The zero-order valence-corrected chi connectivity index (χ0v) is 36.3. The van der Waals surface area contributed by atoms with Gasteiger partial charge in [0.25, 0.3) is 0 Å². The number of hydrogen-bond acceptors (Lipinski definition) is 11. The van der Waals surface area contributed by atoms with Gasteiger partial charge in [0, 0.05) is 0 Å². The van der Waals surface area contributed by atoms with Gasteiger partial charge in [-0.2, -0.15) is 0 Å². The first-order chi connectivity index (χ1) is 32.1. The van der Waals surface area contributed by atoms with Crippen molar-refractivity contribution in [3.8, 4) is 0 Å². The lowest BCUT2D eigenvalue weighted by Gasteiger charge is -2.47. The summed E-state index contributed by atoms with van der Waals surface area (Å²) in [5.74, 6) is 0. The van der Waals surface area contributed by atoms with Gasteiger partial charge in [-0.05, 0) is 33.4 Å². The van der Waals surface area contributed by atoms with E-state index in [4.69, 9.17) is 42.6 Å². The molecule has 2 heterocycles. The summed E-state index contributed by atoms with van der Waals surface area (Å²) >= 11 is 0. The van der Waals surface area contributed by atoms with Crippen LogP contribution in [0.1, 0.15) is 33.4 Å². The molecular formula is C54H58O11. The molecule has 340 valence electrons.